The van der Waals surface area contributed by atoms with Crippen LogP contribution in [0.25, 0.3) is 10.9 Å². The largest absolute Gasteiger partial charge is 0.394 e. The second-order valence-corrected chi connectivity index (χ2v) is 4.32. The van der Waals surface area contributed by atoms with Crippen molar-refractivity contribution < 1.29 is 0 Å². The van der Waals surface area contributed by atoms with E-state index in [4.69, 9.17) is 17.3 Å². The number of halogens is 1. The molecule has 6 heteroatoms. The molecule has 3 rings (SSSR count). The minimum atomic E-state index is 0.152. The van der Waals surface area contributed by atoms with E-state index in [9.17, 15) is 0 Å². The molecule has 0 saturated heterocycles. The van der Waals surface area contributed by atoms with E-state index < -0.39 is 0 Å². The topological polar surface area (TPSA) is 76.7 Å². The number of nitrogen functional groups attached to an aromatic ring is 1. The van der Waals surface area contributed by atoms with Gasteiger partial charge in [-0.25, -0.2) is 4.98 Å². The summed E-state index contributed by atoms with van der Waals surface area (Å²) >= 11 is 5.75. The number of rotatable bonds is 2. The maximum atomic E-state index is 5.79. The lowest BCUT2D eigenvalue weighted by atomic mass is 10.2. The summed E-state index contributed by atoms with van der Waals surface area (Å²) in [7, 11) is 0. The zero-order valence-electron chi connectivity index (χ0n) is 9.84. The second kappa shape index (κ2) is 4.70. The van der Waals surface area contributed by atoms with Gasteiger partial charge in [-0.05, 0) is 35.9 Å². The Balaban J connectivity index is 1.98. The van der Waals surface area contributed by atoms with E-state index in [1.165, 1.54) is 6.20 Å². The highest BCUT2D eigenvalue weighted by molar-refractivity contribution is 6.28. The summed E-state index contributed by atoms with van der Waals surface area (Å²) in [5, 5.41) is 4.30. The van der Waals surface area contributed by atoms with Crippen LogP contribution in [-0.2, 0) is 0 Å². The Kier molecular flexibility index (Phi) is 2.89. The average Bonchev–Trinajstić information content (AvgIpc) is 2.43. The van der Waals surface area contributed by atoms with E-state index >= 15 is 0 Å². The van der Waals surface area contributed by atoms with Crippen LogP contribution in [0.2, 0.25) is 5.28 Å². The molecule has 2 aromatic heterocycles. The number of benzene rings is 1. The highest BCUT2D eigenvalue weighted by Gasteiger charge is 2.04. The van der Waals surface area contributed by atoms with Gasteiger partial charge in [-0.3, -0.25) is 4.98 Å². The first-order valence-corrected chi connectivity index (χ1v) is 6.00. The molecule has 0 spiro atoms. The van der Waals surface area contributed by atoms with Gasteiger partial charge in [0.25, 0.3) is 0 Å². The van der Waals surface area contributed by atoms with Gasteiger partial charge in [0.05, 0.1) is 17.4 Å². The summed E-state index contributed by atoms with van der Waals surface area (Å²) in [4.78, 5) is 12.1. The van der Waals surface area contributed by atoms with Crippen molar-refractivity contribution in [1.82, 2.24) is 15.0 Å². The van der Waals surface area contributed by atoms with Crippen LogP contribution in [0.4, 0.5) is 17.2 Å². The lowest BCUT2D eigenvalue weighted by Gasteiger charge is -2.08. The number of aromatic nitrogens is 3. The molecule has 0 saturated carbocycles. The Morgan fingerprint density at radius 2 is 2.05 bits per heavy atom. The van der Waals surface area contributed by atoms with E-state index in [0.29, 0.717) is 11.5 Å². The molecule has 0 fully saturated rings. The second-order valence-electron chi connectivity index (χ2n) is 3.98. The van der Waals surface area contributed by atoms with E-state index in [1.54, 1.807) is 6.20 Å². The summed E-state index contributed by atoms with van der Waals surface area (Å²) in [5.41, 5.74) is 8.03. The fourth-order valence-corrected chi connectivity index (χ4v) is 1.89. The predicted molar refractivity (Wildman–Crippen MR) is 76.5 cm³/mol. The number of nitrogens with zero attached hydrogens (tertiary/aromatic N) is 3. The van der Waals surface area contributed by atoms with E-state index in [2.05, 4.69) is 20.3 Å². The van der Waals surface area contributed by atoms with Gasteiger partial charge >= 0.3 is 0 Å². The quantitative estimate of drug-likeness (QED) is 0.701. The fraction of sp³-hybridized carbons (Fsp3) is 0. The summed E-state index contributed by atoms with van der Waals surface area (Å²) in [6.45, 7) is 0. The van der Waals surface area contributed by atoms with Crippen LogP contribution in [0.15, 0.2) is 42.7 Å². The lowest BCUT2D eigenvalue weighted by molar-refractivity contribution is 1.17. The molecule has 19 heavy (non-hydrogen) atoms. The Morgan fingerprint density at radius 3 is 2.95 bits per heavy atom. The Morgan fingerprint density at radius 1 is 1.16 bits per heavy atom. The molecule has 3 N–H and O–H groups in total. The fourth-order valence-electron chi connectivity index (χ4n) is 1.76. The number of hydrogen-bond donors (Lipinski definition) is 2. The minimum Gasteiger partial charge on any atom is -0.394 e. The molecule has 0 aliphatic rings. The van der Waals surface area contributed by atoms with Gasteiger partial charge < -0.3 is 11.1 Å². The standard InChI is InChI=1S/C13H10ClN5/c14-13-17-7-10(15)12(19-13)18-9-3-4-11-8(6-9)2-1-5-16-11/h1-7H,15H2,(H,17,18,19). The maximum absolute atomic E-state index is 5.79. The molecule has 0 radical (unpaired) electrons. The molecule has 3 aromatic rings. The monoisotopic (exact) mass is 271 g/mol. The third kappa shape index (κ3) is 2.41. The molecular formula is C13H10ClN5. The van der Waals surface area contributed by atoms with Crippen LogP contribution in [-0.4, -0.2) is 15.0 Å². The first kappa shape index (κ1) is 11.7. The van der Waals surface area contributed by atoms with Crippen molar-refractivity contribution in [2.24, 2.45) is 0 Å². The first-order valence-electron chi connectivity index (χ1n) is 5.62. The molecule has 0 atom stereocenters. The molecular weight excluding hydrogens is 262 g/mol. The lowest BCUT2D eigenvalue weighted by Crippen LogP contribution is -2.00. The van der Waals surface area contributed by atoms with Crippen molar-refractivity contribution in [1.29, 1.82) is 0 Å². The first-order chi connectivity index (χ1) is 9.22. The Hall–Kier alpha value is -2.40. The maximum Gasteiger partial charge on any atom is 0.224 e. The third-order valence-electron chi connectivity index (χ3n) is 2.65. The number of fused-ring (bicyclic) bond motifs is 1. The minimum absolute atomic E-state index is 0.152. The highest BCUT2D eigenvalue weighted by Crippen LogP contribution is 2.23. The van der Waals surface area contributed by atoms with Crippen molar-refractivity contribution in [3.8, 4) is 0 Å². The van der Waals surface area contributed by atoms with Crippen molar-refractivity contribution in [2.75, 3.05) is 11.1 Å². The van der Waals surface area contributed by atoms with Crippen molar-refractivity contribution in [3.05, 3.63) is 48.0 Å². The summed E-state index contributed by atoms with van der Waals surface area (Å²) in [6, 6.07) is 9.69. The molecule has 0 unspecified atom stereocenters. The molecule has 94 valence electrons. The van der Waals surface area contributed by atoms with Crippen molar-refractivity contribution >= 4 is 39.7 Å². The zero-order chi connectivity index (χ0) is 13.2. The highest BCUT2D eigenvalue weighted by atomic mass is 35.5. The van der Waals surface area contributed by atoms with Crippen LogP contribution >= 0.6 is 11.6 Å². The summed E-state index contributed by atoms with van der Waals surface area (Å²) in [5.74, 6) is 0.489. The van der Waals surface area contributed by atoms with Crippen LogP contribution < -0.4 is 11.1 Å². The van der Waals surface area contributed by atoms with E-state index in [0.717, 1.165) is 16.6 Å². The number of nitrogens with two attached hydrogens (primary N) is 1. The average molecular weight is 272 g/mol. The van der Waals surface area contributed by atoms with E-state index in [1.807, 2.05) is 30.3 Å². The smallest absolute Gasteiger partial charge is 0.224 e. The van der Waals surface area contributed by atoms with Crippen LogP contribution in [0.3, 0.4) is 0 Å². The van der Waals surface area contributed by atoms with Gasteiger partial charge in [-0.2, -0.15) is 4.98 Å². The SMILES string of the molecule is Nc1cnc(Cl)nc1Nc1ccc2ncccc2c1. The van der Waals surface area contributed by atoms with Crippen LogP contribution in [0.5, 0.6) is 0 Å². The molecule has 2 heterocycles. The van der Waals surface area contributed by atoms with Gasteiger partial charge in [0.1, 0.15) is 0 Å². The Bertz CT molecular complexity index is 744. The summed E-state index contributed by atoms with van der Waals surface area (Å²) < 4.78 is 0. The third-order valence-corrected chi connectivity index (χ3v) is 2.84. The molecule has 0 bridgehead atoms. The zero-order valence-corrected chi connectivity index (χ0v) is 10.6. The molecule has 0 aliphatic carbocycles. The Labute approximate surface area is 114 Å². The van der Waals surface area contributed by atoms with E-state index in [-0.39, 0.29) is 5.28 Å². The van der Waals surface area contributed by atoms with Crippen LogP contribution in [0.1, 0.15) is 0 Å². The molecule has 1 aromatic carbocycles. The van der Waals surface area contributed by atoms with Crippen molar-refractivity contribution in [2.45, 2.75) is 0 Å². The number of pyridine rings is 1. The number of hydrogen-bond acceptors (Lipinski definition) is 5. The summed E-state index contributed by atoms with van der Waals surface area (Å²) in [6.07, 6.45) is 3.23. The number of nitrogens with one attached hydrogen (secondary N) is 1. The van der Waals surface area contributed by atoms with Gasteiger partial charge in [-0.15, -0.1) is 0 Å². The normalized spacial score (nSPS) is 10.6. The number of anilines is 3. The van der Waals surface area contributed by atoms with Crippen molar-refractivity contribution in [3.63, 3.8) is 0 Å². The molecule has 0 amide bonds. The van der Waals surface area contributed by atoms with Gasteiger partial charge in [0.15, 0.2) is 5.82 Å². The van der Waals surface area contributed by atoms with Crippen LogP contribution in [0, 0.1) is 0 Å². The molecule has 5 nitrogen and oxygen atoms in total. The van der Waals surface area contributed by atoms with Gasteiger partial charge in [0.2, 0.25) is 5.28 Å². The molecule has 0 aliphatic heterocycles. The van der Waals surface area contributed by atoms with Gasteiger partial charge in [-0.1, -0.05) is 6.07 Å². The predicted octanol–water partition coefficient (Wildman–Crippen LogP) is 3.00. The van der Waals surface area contributed by atoms with Gasteiger partial charge in [0, 0.05) is 17.3 Å².